The van der Waals surface area contributed by atoms with Crippen molar-refractivity contribution in [1.82, 2.24) is 0 Å². The number of nitrogens with zero attached hydrogens (tertiary/aromatic N) is 1. The van der Waals surface area contributed by atoms with Gasteiger partial charge in [0.15, 0.2) is 5.92 Å². The van der Waals surface area contributed by atoms with Crippen LogP contribution in [0.25, 0.3) is 6.08 Å². The van der Waals surface area contributed by atoms with E-state index in [1.165, 1.54) is 32.4 Å². The molecule has 0 radical (unpaired) electrons. The van der Waals surface area contributed by atoms with Gasteiger partial charge in [-0.05, 0) is 37.5 Å². The third-order valence-electron chi connectivity index (χ3n) is 3.48. The van der Waals surface area contributed by atoms with E-state index >= 15 is 0 Å². The summed E-state index contributed by atoms with van der Waals surface area (Å²) in [6.45, 7) is 3.64. The summed E-state index contributed by atoms with van der Waals surface area (Å²) in [6.07, 6.45) is 3.07. The molecular weight excluding hydrogens is 302 g/mol. The smallest absolute Gasteiger partial charge is 0.320 e. The molecule has 0 aliphatic rings. The molecule has 7 heteroatoms. The van der Waals surface area contributed by atoms with Crippen molar-refractivity contribution in [2.45, 2.75) is 20.3 Å². The van der Waals surface area contributed by atoms with Gasteiger partial charge in [0.25, 0.3) is 5.69 Å². The molecule has 0 unspecified atom stereocenters. The molecule has 0 saturated heterocycles. The molecule has 124 valence electrons. The van der Waals surface area contributed by atoms with Gasteiger partial charge in [0.1, 0.15) is 0 Å². The first-order chi connectivity index (χ1) is 10.8. The second-order valence-corrected chi connectivity index (χ2v) is 4.99. The predicted octanol–water partition coefficient (Wildman–Crippen LogP) is 2.58. The van der Waals surface area contributed by atoms with Gasteiger partial charge in [0.05, 0.1) is 24.7 Å². The van der Waals surface area contributed by atoms with Crippen LogP contribution in [-0.4, -0.2) is 31.1 Å². The number of benzene rings is 1. The number of carbonyl (C=O) groups excluding carboxylic acids is 2. The Kier molecular flexibility index (Phi) is 6.44. The zero-order chi connectivity index (χ0) is 17.6. The third-order valence-corrected chi connectivity index (χ3v) is 3.48. The molecular formula is C16H19NO6. The summed E-state index contributed by atoms with van der Waals surface area (Å²) in [5.41, 5.74) is 2.10. The highest BCUT2D eigenvalue weighted by Crippen LogP contribution is 2.25. The fraction of sp³-hybridized carbons (Fsp3) is 0.375. The van der Waals surface area contributed by atoms with E-state index in [4.69, 9.17) is 0 Å². The average molecular weight is 321 g/mol. The molecule has 0 bridgehead atoms. The first-order valence-electron chi connectivity index (χ1n) is 6.89. The van der Waals surface area contributed by atoms with E-state index in [0.29, 0.717) is 5.56 Å². The van der Waals surface area contributed by atoms with Gasteiger partial charge in [-0.1, -0.05) is 12.2 Å². The van der Waals surface area contributed by atoms with Gasteiger partial charge in [-0.25, -0.2) is 0 Å². The lowest BCUT2D eigenvalue weighted by atomic mass is 10.0. The van der Waals surface area contributed by atoms with Crippen molar-refractivity contribution in [2.24, 2.45) is 5.92 Å². The number of methoxy groups -OCH3 is 2. The number of carbonyl (C=O) groups is 2. The second kappa shape index (κ2) is 8.07. The standard InChI is InChI=1S/C16H19NO6/c1-10-8-12(14(17(20)21)9-11(10)2)6-5-7-13(15(18)22-3)16(19)23-4/h5-6,8-9,13H,7H2,1-4H3/b6-5+. The molecule has 0 aromatic heterocycles. The van der Waals surface area contributed by atoms with Gasteiger partial charge < -0.3 is 9.47 Å². The third kappa shape index (κ3) is 4.64. The largest absolute Gasteiger partial charge is 0.468 e. The lowest BCUT2D eigenvalue weighted by Gasteiger charge is -2.09. The van der Waals surface area contributed by atoms with Crippen molar-refractivity contribution >= 4 is 23.7 Å². The summed E-state index contributed by atoms with van der Waals surface area (Å²) >= 11 is 0. The van der Waals surface area contributed by atoms with Crippen LogP contribution >= 0.6 is 0 Å². The fourth-order valence-electron chi connectivity index (χ4n) is 2.02. The van der Waals surface area contributed by atoms with E-state index in [9.17, 15) is 19.7 Å². The number of nitro groups is 1. The number of allylic oxidation sites excluding steroid dienone is 1. The molecule has 1 aromatic rings. The minimum absolute atomic E-state index is 0.0305. The molecule has 0 heterocycles. The van der Waals surface area contributed by atoms with Crippen molar-refractivity contribution < 1.29 is 24.0 Å². The molecule has 0 atom stereocenters. The normalized spacial score (nSPS) is 10.8. The monoisotopic (exact) mass is 321 g/mol. The van der Waals surface area contributed by atoms with Crippen molar-refractivity contribution in [3.05, 3.63) is 45.0 Å². The van der Waals surface area contributed by atoms with Gasteiger partial charge in [0.2, 0.25) is 0 Å². The SMILES string of the molecule is COC(=O)C(C/C=C/c1cc(C)c(C)cc1[N+](=O)[O-])C(=O)OC. The van der Waals surface area contributed by atoms with Crippen molar-refractivity contribution in [1.29, 1.82) is 0 Å². The van der Waals surface area contributed by atoms with E-state index < -0.39 is 22.8 Å². The maximum atomic E-state index is 11.6. The first kappa shape index (κ1) is 18.3. The second-order valence-electron chi connectivity index (χ2n) is 4.99. The summed E-state index contributed by atoms with van der Waals surface area (Å²) < 4.78 is 9.11. The van der Waals surface area contributed by atoms with Gasteiger partial charge in [0, 0.05) is 6.07 Å². The average Bonchev–Trinajstić information content (AvgIpc) is 2.52. The molecule has 1 rings (SSSR count). The number of hydrogen-bond donors (Lipinski definition) is 0. The van der Waals surface area contributed by atoms with Crippen LogP contribution in [0, 0.1) is 29.9 Å². The molecule has 0 N–H and O–H groups in total. The van der Waals surface area contributed by atoms with Gasteiger partial charge in [-0.3, -0.25) is 19.7 Å². The van der Waals surface area contributed by atoms with E-state index in [-0.39, 0.29) is 12.1 Å². The summed E-state index contributed by atoms with van der Waals surface area (Å²) in [5.74, 6) is -2.51. The first-order valence-corrected chi connectivity index (χ1v) is 6.89. The summed E-state index contributed by atoms with van der Waals surface area (Å²) in [5, 5.41) is 11.1. The zero-order valence-electron chi connectivity index (χ0n) is 13.5. The van der Waals surface area contributed by atoms with Crippen molar-refractivity contribution in [3.63, 3.8) is 0 Å². The number of nitro benzene ring substituents is 1. The number of rotatable bonds is 6. The Hall–Kier alpha value is -2.70. The highest BCUT2D eigenvalue weighted by Gasteiger charge is 2.27. The van der Waals surface area contributed by atoms with Crippen LogP contribution < -0.4 is 0 Å². The number of ether oxygens (including phenoxy) is 2. The fourth-order valence-corrected chi connectivity index (χ4v) is 2.02. The summed E-state index contributed by atoms with van der Waals surface area (Å²) in [4.78, 5) is 33.8. The van der Waals surface area contributed by atoms with E-state index in [0.717, 1.165) is 11.1 Å². The van der Waals surface area contributed by atoms with Crippen LogP contribution in [0.3, 0.4) is 0 Å². The number of aryl methyl sites for hydroxylation is 2. The molecule has 0 saturated carbocycles. The topological polar surface area (TPSA) is 95.7 Å². The van der Waals surface area contributed by atoms with Gasteiger partial charge >= 0.3 is 11.9 Å². The Balaban J connectivity index is 3.04. The molecule has 0 aliphatic carbocycles. The maximum Gasteiger partial charge on any atom is 0.320 e. The Bertz CT molecular complexity index is 634. The van der Waals surface area contributed by atoms with Crippen LogP contribution in [0.4, 0.5) is 5.69 Å². The van der Waals surface area contributed by atoms with E-state index in [2.05, 4.69) is 9.47 Å². The number of hydrogen-bond acceptors (Lipinski definition) is 6. The molecule has 0 spiro atoms. The molecule has 1 aromatic carbocycles. The van der Waals surface area contributed by atoms with E-state index in [1.807, 2.05) is 6.92 Å². The zero-order valence-corrected chi connectivity index (χ0v) is 13.5. The lowest BCUT2D eigenvalue weighted by Crippen LogP contribution is -2.25. The van der Waals surface area contributed by atoms with Crippen LogP contribution in [-0.2, 0) is 19.1 Å². The highest BCUT2D eigenvalue weighted by atomic mass is 16.6. The highest BCUT2D eigenvalue weighted by molar-refractivity contribution is 5.95. The van der Waals surface area contributed by atoms with Crippen molar-refractivity contribution in [3.8, 4) is 0 Å². The van der Waals surface area contributed by atoms with Gasteiger partial charge in [-0.2, -0.15) is 0 Å². The van der Waals surface area contributed by atoms with Gasteiger partial charge in [-0.15, -0.1) is 0 Å². The minimum Gasteiger partial charge on any atom is -0.468 e. The Morgan fingerprint density at radius 3 is 2.17 bits per heavy atom. The van der Waals surface area contributed by atoms with Crippen molar-refractivity contribution in [2.75, 3.05) is 14.2 Å². The summed E-state index contributed by atoms with van der Waals surface area (Å²) in [6, 6.07) is 3.18. The van der Waals surface area contributed by atoms with Crippen LogP contribution in [0.1, 0.15) is 23.1 Å². The van der Waals surface area contributed by atoms with Crippen LogP contribution in [0.15, 0.2) is 18.2 Å². The summed E-state index contributed by atoms with van der Waals surface area (Å²) in [7, 11) is 2.35. The molecule has 23 heavy (non-hydrogen) atoms. The quantitative estimate of drug-likeness (QED) is 0.346. The van der Waals surface area contributed by atoms with Crippen LogP contribution in [0.5, 0.6) is 0 Å². The number of esters is 2. The molecule has 7 nitrogen and oxygen atoms in total. The van der Waals surface area contributed by atoms with Crippen LogP contribution in [0.2, 0.25) is 0 Å². The Morgan fingerprint density at radius 1 is 1.17 bits per heavy atom. The molecule has 0 fully saturated rings. The van der Waals surface area contributed by atoms with E-state index in [1.54, 1.807) is 13.0 Å². The minimum atomic E-state index is -1.09. The Labute approximate surface area is 134 Å². The maximum absolute atomic E-state index is 11.6. The Morgan fingerprint density at radius 2 is 1.70 bits per heavy atom. The lowest BCUT2D eigenvalue weighted by molar-refractivity contribution is -0.385. The molecule has 0 aliphatic heterocycles. The molecule has 0 amide bonds. The predicted molar refractivity (Wildman–Crippen MR) is 83.7 cm³/mol.